The molecule has 23 heavy (non-hydrogen) atoms. The summed E-state index contributed by atoms with van der Waals surface area (Å²) in [5.41, 5.74) is 4.28. The van der Waals surface area contributed by atoms with Crippen molar-refractivity contribution in [2.45, 2.75) is 32.0 Å². The molecule has 1 aliphatic rings. The van der Waals surface area contributed by atoms with Crippen LogP contribution in [0.5, 0.6) is 0 Å². The van der Waals surface area contributed by atoms with Crippen molar-refractivity contribution < 1.29 is 9.90 Å². The molecule has 1 aliphatic heterocycles. The lowest BCUT2D eigenvalue weighted by atomic mass is 10.0. The fourth-order valence-corrected chi connectivity index (χ4v) is 3.35. The number of hydrogen-bond acceptors (Lipinski definition) is 6. The number of aliphatic hydroxyl groups excluding tert-OH is 1. The maximum atomic E-state index is 12.3. The van der Waals surface area contributed by atoms with E-state index in [0.717, 1.165) is 30.8 Å². The number of carbonyl (C=O) groups is 1. The Kier molecular flexibility index (Phi) is 5.00. The number of aliphatic hydroxyl groups is 1. The summed E-state index contributed by atoms with van der Waals surface area (Å²) in [5, 5.41) is 15.3. The fourth-order valence-electron chi connectivity index (χ4n) is 2.80. The summed E-state index contributed by atoms with van der Waals surface area (Å²) in [6.45, 7) is 3.98. The molecule has 0 aromatic carbocycles. The Labute approximate surface area is 139 Å². The number of nitrogens with one attached hydrogen (secondary N) is 1. The van der Waals surface area contributed by atoms with Crippen LogP contribution in [-0.2, 0) is 6.54 Å². The van der Waals surface area contributed by atoms with Gasteiger partial charge in [0.1, 0.15) is 0 Å². The van der Waals surface area contributed by atoms with Crippen LogP contribution in [0.3, 0.4) is 0 Å². The van der Waals surface area contributed by atoms with E-state index in [1.165, 1.54) is 0 Å². The molecule has 6 nitrogen and oxygen atoms in total. The summed E-state index contributed by atoms with van der Waals surface area (Å²) in [6.07, 6.45) is 3.37. The zero-order valence-electron chi connectivity index (χ0n) is 13.0. The van der Waals surface area contributed by atoms with E-state index in [-0.39, 0.29) is 11.9 Å². The lowest BCUT2D eigenvalue weighted by Gasteiger charge is -2.36. The molecule has 0 radical (unpaired) electrons. The summed E-state index contributed by atoms with van der Waals surface area (Å²) in [7, 11) is 0. The summed E-state index contributed by atoms with van der Waals surface area (Å²) in [5.74, 6) is -0.174. The molecule has 1 saturated heterocycles. The number of β-amino-alcohol motifs (C(OH)–C–C–N with tert-alkyl or cyclic N) is 1. The van der Waals surface area contributed by atoms with Crippen LogP contribution in [0.25, 0.3) is 0 Å². The van der Waals surface area contributed by atoms with Gasteiger partial charge in [0.2, 0.25) is 0 Å². The first-order valence-corrected chi connectivity index (χ1v) is 8.56. The van der Waals surface area contributed by atoms with Crippen LogP contribution in [-0.4, -0.2) is 51.1 Å². The Balaban J connectivity index is 1.56. The second kappa shape index (κ2) is 7.16. The van der Waals surface area contributed by atoms with Gasteiger partial charge in [-0.2, -0.15) is 0 Å². The van der Waals surface area contributed by atoms with Gasteiger partial charge in [-0.3, -0.25) is 14.7 Å². The normalized spacial score (nSPS) is 22.0. The monoisotopic (exact) mass is 332 g/mol. The minimum absolute atomic E-state index is 0.174. The van der Waals surface area contributed by atoms with Crippen molar-refractivity contribution in [1.29, 1.82) is 0 Å². The number of nitrogens with zero attached hydrogens (tertiary/aromatic N) is 3. The molecule has 3 rings (SSSR count). The van der Waals surface area contributed by atoms with Crippen LogP contribution in [0, 0.1) is 6.92 Å². The molecule has 0 saturated carbocycles. The lowest BCUT2D eigenvalue weighted by Crippen LogP contribution is -2.53. The number of rotatable bonds is 4. The van der Waals surface area contributed by atoms with E-state index < -0.39 is 6.10 Å². The highest BCUT2D eigenvalue weighted by Gasteiger charge is 2.29. The number of piperidine rings is 1. The van der Waals surface area contributed by atoms with Gasteiger partial charge in [0.25, 0.3) is 5.91 Å². The van der Waals surface area contributed by atoms with Gasteiger partial charge in [0, 0.05) is 37.4 Å². The third-order valence-electron chi connectivity index (χ3n) is 4.14. The molecule has 2 aromatic heterocycles. The van der Waals surface area contributed by atoms with Crippen LogP contribution in [0.4, 0.5) is 0 Å². The third kappa shape index (κ3) is 3.93. The molecule has 0 aliphatic carbocycles. The van der Waals surface area contributed by atoms with E-state index >= 15 is 0 Å². The van der Waals surface area contributed by atoms with Crippen molar-refractivity contribution in [3.05, 3.63) is 46.2 Å². The highest BCUT2D eigenvalue weighted by Crippen LogP contribution is 2.15. The predicted molar refractivity (Wildman–Crippen MR) is 88.2 cm³/mol. The largest absolute Gasteiger partial charge is 0.390 e. The molecular weight excluding hydrogens is 312 g/mol. The second-order valence-electron chi connectivity index (χ2n) is 5.84. The van der Waals surface area contributed by atoms with Gasteiger partial charge in [0.05, 0.1) is 28.9 Å². The van der Waals surface area contributed by atoms with Crippen molar-refractivity contribution in [3.8, 4) is 0 Å². The molecule has 2 aromatic rings. The van der Waals surface area contributed by atoms with Crippen LogP contribution in [0.2, 0.25) is 0 Å². The number of aryl methyl sites for hydroxylation is 1. The maximum Gasteiger partial charge on any atom is 0.253 e. The number of amides is 1. The van der Waals surface area contributed by atoms with E-state index in [2.05, 4.69) is 20.2 Å². The molecule has 122 valence electrons. The highest BCUT2D eigenvalue weighted by molar-refractivity contribution is 7.07. The smallest absolute Gasteiger partial charge is 0.253 e. The van der Waals surface area contributed by atoms with E-state index in [1.807, 2.05) is 23.9 Å². The topological polar surface area (TPSA) is 78.4 Å². The average molecular weight is 332 g/mol. The van der Waals surface area contributed by atoms with Crippen LogP contribution >= 0.6 is 11.3 Å². The van der Waals surface area contributed by atoms with E-state index in [9.17, 15) is 9.90 Å². The molecule has 0 unspecified atom stereocenters. The molecule has 1 fully saturated rings. The number of thiazole rings is 1. The minimum atomic E-state index is -0.580. The Morgan fingerprint density at radius 2 is 2.43 bits per heavy atom. The number of carbonyl (C=O) groups excluding carboxylic acids is 1. The molecule has 7 heteroatoms. The first kappa shape index (κ1) is 16.0. The van der Waals surface area contributed by atoms with Gasteiger partial charge in [0.15, 0.2) is 0 Å². The molecule has 1 amide bonds. The first-order chi connectivity index (χ1) is 11.1. The Bertz CT molecular complexity index is 662. The standard InChI is InChI=1S/C16H20N4O2S/c1-11-2-4-17-6-13(11)16(22)19-14-3-5-20(8-15(14)21)7-12-9-23-10-18-12/h2,4,6,9-10,14-15,21H,3,5,7-8H2,1H3,(H,19,22)/t14-,15-/m1/s1. The first-order valence-electron chi connectivity index (χ1n) is 7.62. The van der Waals surface area contributed by atoms with E-state index in [4.69, 9.17) is 0 Å². The predicted octanol–water partition coefficient (Wildman–Crippen LogP) is 1.21. The highest BCUT2D eigenvalue weighted by atomic mass is 32.1. The Morgan fingerprint density at radius 3 is 3.13 bits per heavy atom. The fraction of sp³-hybridized carbons (Fsp3) is 0.438. The number of aromatic nitrogens is 2. The Hall–Kier alpha value is -1.83. The molecular formula is C16H20N4O2S. The van der Waals surface area contributed by atoms with Gasteiger partial charge >= 0.3 is 0 Å². The lowest BCUT2D eigenvalue weighted by molar-refractivity contribution is 0.0345. The molecule has 2 atom stereocenters. The van der Waals surface area contributed by atoms with Crippen molar-refractivity contribution >= 4 is 17.2 Å². The summed E-state index contributed by atoms with van der Waals surface area (Å²) in [4.78, 5) is 22.8. The minimum Gasteiger partial charge on any atom is -0.390 e. The Morgan fingerprint density at radius 1 is 1.57 bits per heavy atom. The average Bonchev–Trinajstić information content (AvgIpc) is 3.03. The molecule has 0 spiro atoms. The van der Waals surface area contributed by atoms with E-state index in [0.29, 0.717) is 12.1 Å². The molecule has 3 heterocycles. The molecule has 2 N–H and O–H groups in total. The van der Waals surface area contributed by atoms with Crippen LogP contribution in [0.15, 0.2) is 29.4 Å². The summed E-state index contributed by atoms with van der Waals surface area (Å²) < 4.78 is 0. The quantitative estimate of drug-likeness (QED) is 0.880. The van der Waals surface area contributed by atoms with Gasteiger partial charge in [-0.15, -0.1) is 11.3 Å². The van der Waals surface area contributed by atoms with E-state index in [1.54, 1.807) is 23.7 Å². The van der Waals surface area contributed by atoms with Crippen LogP contribution < -0.4 is 5.32 Å². The zero-order valence-corrected chi connectivity index (χ0v) is 13.8. The van der Waals surface area contributed by atoms with Crippen LogP contribution in [0.1, 0.15) is 28.0 Å². The van der Waals surface area contributed by atoms with Crippen molar-refractivity contribution in [3.63, 3.8) is 0 Å². The van der Waals surface area contributed by atoms with Crippen molar-refractivity contribution in [2.24, 2.45) is 0 Å². The number of likely N-dealkylation sites (tertiary alicyclic amines) is 1. The number of pyridine rings is 1. The van der Waals surface area contributed by atoms with Gasteiger partial charge < -0.3 is 10.4 Å². The molecule has 0 bridgehead atoms. The van der Waals surface area contributed by atoms with Crippen molar-refractivity contribution in [1.82, 2.24) is 20.2 Å². The van der Waals surface area contributed by atoms with Gasteiger partial charge in [-0.05, 0) is 25.0 Å². The SMILES string of the molecule is Cc1ccncc1C(=O)N[C@@H]1CCN(Cc2cscn2)C[C@H]1O. The maximum absolute atomic E-state index is 12.3. The summed E-state index contributed by atoms with van der Waals surface area (Å²) in [6, 6.07) is 1.58. The van der Waals surface area contributed by atoms with Crippen molar-refractivity contribution in [2.75, 3.05) is 13.1 Å². The third-order valence-corrected chi connectivity index (χ3v) is 4.77. The summed E-state index contributed by atoms with van der Waals surface area (Å²) >= 11 is 1.57. The zero-order chi connectivity index (χ0) is 16.2. The second-order valence-corrected chi connectivity index (χ2v) is 6.56. The number of hydrogen-bond donors (Lipinski definition) is 2. The van der Waals surface area contributed by atoms with Gasteiger partial charge in [-0.1, -0.05) is 0 Å². The van der Waals surface area contributed by atoms with Gasteiger partial charge in [-0.25, -0.2) is 4.98 Å².